The molecule has 0 bridgehead atoms. The lowest BCUT2D eigenvalue weighted by atomic mass is 9.91. The van der Waals surface area contributed by atoms with Gasteiger partial charge in [0.1, 0.15) is 0 Å². The summed E-state index contributed by atoms with van der Waals surface area (Å²) in [5.74, 6) is 0.466. The molecule has 1 aromatic carbocycles. The first-order valence-corrected chi connectivity index (χ1v) is 7.30. The molecule has 1 heterocycles. The molecule has 0 N–H and O–H groups in total. The van der Waals surface area contributed by atoms with E-state index in [2.05, 4.69) is 26.0 Å². The van der Waals surface area contributed by atoms with Crippen molar-refractivity contribution in [3.05, 3.63) is 35.9 Å². The number of cyclic esters (lactones) is 1. The summed E-state index contributed by atoms with van der Waals surface area (Å²) >= 11 is 6.60. The highest BCUT2D eigenvalue weighted by molar-refractivity contribution is 6.38. The Hall–Kier alpha value is -1.02. The van der Waals surface area contributed by atoms with E-state index in [9.17, 15) is 4.79 Å². The van der Waals surface area contributed by atoms with Crippen molar-refractivity contribution >= 4 is 17.6 Å². The number of ether oxygens (including phenoxy) is 1. The molecule has 19 heavy (non-hydrogen) atoms. The Morgan fingerprint density at radius 2 is 2.05 bits per heavy atom. The molecule has 1 aliphatic carbocycles. The minimum Gasteiger partial charge on any atom is -0.464 e. The van der Waals surface area contributed by atoms with Crippen LogP contribution in [0.2, 0.25) is 0 Å². The molecule has 3 rings (SSSR count). The predicted molar refractivity (Wildman–Crippen MR) is 75.1 cm³/mol. The second-order valence-electron chi connectivity index (χ2n) is 6.15. The maximum atomic E-state index is 11.9. The van der Waals surface area contributed by atoms with Crippen molar-refractivity contribution < 1.29 is 9.53 Å². The van der Waals surface area contributed by atoms with Gasteiger partial charge < -0.3 is 4.74 Å². The van der Waals surface area contributed by atoms with Crippen LogP contribution in [0.25, 0.3) is 0 Å². The summed E-state index contributed by atoms with van der Waals surface area (Å²) in [7, 11) is 0. The molecule has 1 saturated carbocycles. The van der Waals surface area contributed by atoms with Gasteiger partial charge in [-0.1, -0.05) is 44.2 Å². The van der Waals surface area contributed by atoms with Crippen molar-refractivity contribution in [3.63, 3.8) is 0 Å². The Bertz CT molecular complexity index is 499. The van der Waals surface area contributed by atoms with E-state index in [1.54, 1.807) is 0 Å². The van der Waals surface area contributed by atoms with Gasteiger partial charge in [0.25, 0.3) is 0 Å². The van der Waals surface area contributed by atoms with E-state index in [-0.39, 0.29) is 17.3 Å². The lowest BCUT2D eigenvalue weighted by Crippen LogP contribution is -2.19. The molecule has 0 unspecified atom stereocenters. The van der Waals surface area contributed by atoms with Gasteiger partial charge in [0.15, 0.2) is 4.87 Å². The van der Waals surface area contributed by atoms with Gasteiger partial charge in [0.05, 0.1) is 6.61 Å². The number of esters is 1. The Kier molecular flexibility index (Phi) is 2.90. The van der Waals surface area contributed by atoms with Gasteiger partial charge in [-0.05, 0) is 24.3 Å². The number of fused-ring (bicyclic) bond motifs is 1. The zero-order chi connectivity index (χ0) is 13.7. The highest BCUT2D eigenvalue weighted by Gasteiger charge is 2.84. The molecular formula is C16H19ClO2. The molecule has 0 aromatic heterocycles. The maximum absolute atomic E-state index is 11.9. The number of aryl methyl sites for hydroxylation is 1. The van der Waals surface area contributed by atoms with Crippen LogP contribution < -0.4 is 0 Å². The van der Waals surface area contributed by atoms with Crippen molar-refractivity contribution in [2.45, 2.75) is 31.6 Å². The second kappa shape index (κ2) is 4.24. The molecule has 1 aromatic rings. The third-order valence-electron chi connectivity index (χ3n) is 4.79. The van der Waals surface area contributed by atoms with E-state index in [1.807, 2.05) is 18.2 Å². The van der Waals surface area contributed by atoms with Gasteiger partial charge in [-0.2, -0.15) is 0 Å². The Labute approximate surface area is 119 Å². The summed E-state index contributed by atoms with van der Waals surface area (Å²) in [5.41, 5.74) is 1.15. The first kappa shape index (κ1) is 13.0. The smallest absolute Gasteiger partial charge is 0.328 e. The summed E-state index contributed by atoms with van der Waals surface area (Å²) in [5, 5.41) is 0. The Morgan fingerprint density at radius 3 is 2.63 bits per heavy atom. The number of carbonyl (C=O) groups excluding carboxylic acids is 1. The molecule has 2 nitrogen and oxygen atoms in total. The van der Waals surface area contributed by atoms with E-state index < -0.39 is 4.87 Å². The zero-order valence-corrected chi connectivity index (χ0v) is 12.1. The van der Waals surface area contributed by atoms with Crippen molar-refractivity contribution in [2.75, 3.05) is 6.61 Å². The van der Waals surface area contributed by atoms with E-state index >= 15 is 0 Å². The highest BCUT2D eigenvalue weighted by atomic mass is 35.5. The molecule has 1 aliphatic heterocycles. The van der Waals surface area contributed by atoms with Crippen molar-refractivity contribution in [1.29, 1.82) is 0 Å². The average molecular weight is 279 g/mol. The van der Waals surface area contributed by atoms with Gasteiger partial charge in [0, 0.05) is 11.3 Å². The fourth-order valence-electron chi connectivity index (χ4n) is 3.93. The van der Waals surface area contributed by atoms with Gasteiger partial charge in [-0.25, -0.2) is 0 Å². The van der Waals surface area contributed by atoms with Crippen molar-refractivity contribution in [2.24, 2.45) is 17.3 Å². The quantitative estimate of drug-likeness (QED) is 0.623. The molecule has 2 aliphatic rings. The molecule has 0 spiro atoms. The fourth-order valence-corrected chi connectivity index (χ4v) is 4.65. The van der Waals surface area contributed by atoms with Gasteiger partial charge in [-0.15, -0.1) is 11.6 Å². The first-order valence-electron chi connectivity index (χ1n) is 6.92. The summed E-state index contributed by atoms with van der Waals surface area (Å²) in [6.07, 6.45) is 1.88. The number of rotatable bonds is 4. The maximum Gasteiger partial charge on any atom is 0.328 e. The number of hydrogen-bond acceptors (Lipinski definition) is 2. The minimum absolute atomic E-state index is 0.143. The van der Waals surface area contributed by atoms with Crippen LogP contribution in [0.5, 0.6) is 0 Å². The van der Waals surface area contributed by atoms with Crippen molar-refractivity contribution in [1.82, 2.24) is 0 Å². The number of hydrogen-bond donors (Lipinski definition) is 0. The Morgan fingerprint density at radius 1 is 1.37 bits per heavy atom. The zero-order valence-electron chi connectivity index (χ0n) is 11.4. The molecule has 1 saturated heterocycles. The Balaban J connectivity index is 1.78. The highest BCUT2D eigenvalue weighted by Crippen LogP contribution is 2.74. The van der Waals surface area contributed by atoms with Gasteiger partial charge in [-0.3, -0.25) is 4.79 Å². The normalized spacial score (nSPS) is 36.2. The van der Waals surface area contributed by atoms with Crippen LogP contribution in [0.3, 0.4) is 0 Å². The minimum atomic E-state index is -0.754. The standard InChI is InChI=1S/C16H19ClO2/c1-11(2)13-15(10-19-14(18)16(13,15)17)9-8-12-6-4-3-5-7-12/h3-7,11,13H,8-10H2,1-2H3/t13-,15-,16+/m1/s1. The van der Waals surface area contributed by atoms with E-state index in [0.29, 0.717) is 12.5 Å². The lowest BCUT2D eigenvalue weighted by Gasteiger charge is -2.15. The number of halogens is 1. The SMILES string of the molecule is CC(C)[C@@H]1[C@@]2(CCc3ccccc3)COC(=O)[C@@]12Cl. The molecule has 2 fully saturated rings. The summed E-state index contributed by atoms with van der Waals surface area (Å²) in [6.45, 7) is 4.78. The molecule has 3 heteroatoms. The van der Waals surface area contributed by atoms with E-state index in [1.165, 1.54) is 5.56 Å². The largest absolute Gasteiger partial charge is 0.464 e. The van der Waals surface area contributed by atoms with Crippen LogP contribution in [-0.2, 0) is 16.0 Å². The van der Waals surface area contributed by atoms with E-state index in [4.69, 9.17) is 16.3 Å². The van der Waals surface area contributed by atoms with Gasteiger partial charge in [0.2, 0.25) is 0 Å². The molecular weight excluding hydrogens is 260 g/mol. The third-order valence-corrected chi connectivity index (χ3v) is 5.56. The summed E-state index contributed by atoms with van der Waals surface area (Å²) in [6, 6.07) is 10.4. The van der Waals surface area contributed by atoms with Crippen LogP contribution in [0.15, 0.2) is 30.3 Å². The first-order chi connectivity index (χ1) is 9.02. The molecule has 3 atom stereocenters. The van der Waals surface area contributed by atoms with Crippen LogP contribution >= 0.6 is 11.6 Å². The summed E-state index contributed by atoms with van der Waals surface area (Å²) in [4.78, 5) is 11.2. The number of carbonyl (C=O) groups is 1. The lowest BCUT2D eigenvalue weighted by molar-refractivity contribution is -0.141. The van der Waals surface area contributed by atoms with Crippen molar-refractivity contribution in [3.8, 4) is 0 Å². The van der Waals surface area contributed by atoms with Crippen LogP contribution in [0, 0.1) is 17.3 Å². The average Bonchev–Trinajstić information content (AvgIpc) is 2.86. The topological polar surface area (TPSA) is 26.3 Å². The predicted octanol–water partition coefficient (Wildman–Crippen LogP) is 3.43. The van der Waals surface area contributed by atoms with Gasteiger partial charge >= 0.3 is 5.97 Å². The second-order valence-corrected chi connectivity index (χ2v) is 6.75. The third kappa shape index (κ3) is 1.66. The number of benzene rings is 1. The van der Waals surface area contributed by atoms with Crippen LogP contribution in [0.4, 0.5) is 0 Å². The fraction of sp³-hybridized carbons (Fsp3) is 0.562. The molecule has 0 amide bonds. The number of alkyl halides is 1. The monoisotopic (exact) mass is 278 g/mol. The summed E-state index contributed by atoms with van der Waals surface area (Å²) < 4.78 is 5.22. The van der Waals surface area contributed by atoms with Crippen LogP contribution in [0.1, 0.15) is 25.8 Å². The van der Waals surface area contributed by atoms with E-state index in [0.717, 1.165) is 12.8 Å². The molecule has 0 radical (unpaired) electrons. The van der Waals surface area contributed by atoms with Crippen LogP contribution in [-0.4, -0.2) is 17.5 Å². The molecule has 102 valence electrons.